The molecule has 0 aliphatic carbocycles. The maximum atomic E-state index is 9.38. The van der Waals surface area contributed by atoms with Crippen LogP contribution < -0.4 is 10.6 Å². The van der Waals surface area contributed by atoms with Crippen molar-refractivity contribution < 1.29 is 4.74 Å². The van der Waals surface area contributed by atoms with Crippen molar-refractivity contribution in [3.63, 3.8) is 0 Å². The molecule has 0 atom stereocenters. The molecular weight excluding hydrogens is 290 g/mol. The molecule has 3 rings (SSSR count). The lowest BCUT2D eigenvalue weighted by Crippen LogP contribution is -2.37. The molecule has 0 saturated carbocycles. The molecule has 0 radical (unpaired) electrons. The van der Waals surface area contributed by atoms with Crippen LogP contribution in [0.2, 0.25) is 5.02 Å². The van der Waals surface area contributed by atoms with E-state index in [1.165, 1.54) is 0 Å². The Labute approximate surface area is 127 Å². The molecule has 1 fully saturated rings. The molecular formula is C14H14ClN5O. The van der Waals surface area contributed by atoms with Gasteiger partial charge in [0.15, 0.2) is 5.82 Å². The number of rotatable bonds is 2. The summed E-state index contributed by atoms with van der Waals surface area (Å²) in [6.07, 6.45) is 0. The monoisotopic (exact) mass is 303 g/mol. The number of morpholine rings is 1. The predicted molar refractivity (Wildman–Crippen MR) is 80.7 cm³/mol. The highest BCUT2D eigenvalue weighted by molar-refractivity contribution is 6.30. The van der Waals surface area contributed by atoms with E-state index in [2.05, 4.69) is 11.2 Å². The Hall–Kier alpha value is -2.23. The summed E-state index contributed by atoms with van der Waals surface area (Å²) in [7, 11) is 0. The second kappa shape index (κ2) is 5.64. The number of aromatic nitrogens is 2. The maximum absolute atomic E-state index is 9.38. The van der Waals surface area contributed by atoms with Crippen molar-refractivity contribution in [2.24, 2.45) is 0 Å². The summed E-state index contributed by atoms with van der Waals surface area (Å²) in [5.74, 6) is 0.916. The Morgan fingerprint density at radius 1 is 1.33 bits per heavy atom. The fraction of sp³-hybridized carbons (Fsp3) is 0.286. The van der Waals surface area contributed by atoms with Gasteiger partial charge in [-0.3, -0.25) is 0 Å². The molecule has 6 nitrogen and oxygen atoms in total. The molecule has 1 saturated heterocycles. The maximum Gasteiger partial charge on any atom is 0.171 e. The van der Waals surface area contributed by atoms with E-state index < -0.39 is 0 Å². The smallest absolute Gasteiger partial charge is 0.171 e. The number of anilines is 2. The van der Waals surface area contributed by atoms with Gasteiger partial charge in [-0.15, -0.1) is 5.10 Å². The van der Waals surface area contributed by atoms with E-state index >= 15 is 0 Å². The summed E-state index contributed by atoms with van der Waals surface area (Å²) < 4.78 is 6.88. The van der Waals surface area contributed by atoms with Gasteiger partial charge in [0.2, 0.25) is 0 Å². The molecule has 1 aliphatic rings. The SMILES string of the molecule is N#Cc1c(N2CCOCC2)nn(-c2cccc(Cl)c2)c1N. The molecule has 108 valence electrons. The lowest BCUT2D eigenvalue weighted by molar-refractivity contribution is 0.122. The highest BCUT2D eigenvalue weighted by Crippen LogP contribution is 2.28. The standard InChI is InChI=1S/C14H14ClN5O/c15-10-2-1-3-11(8-10)20-13(17)12(9-16)14(18-20)19-4-6-21-7-5-19/h1-3,8H,4-7,17H2. The number of nitrogens with zero attached hydrogens (tertiary/aromatic N) is 4. The molecule has 0 spiro atoms. The number of nitrogen functional groups attached to an aromatic ring is 1. The topological polar surface area (TPSA) is 80.1 Å². The van der Waals surface area contributed by atoms with Gasteiger partial charge in [-0.2, -0.15) is 5.26 Å². The van der Waals surface area contributed by atoms with E-state index in [1.807, 2.05) is 17.0 Å². The minimum Gasteiger partial charge on any atom is -0.382 e. The van der Waals surface area contributed by atoms with Crippen LogP contribution in [0, 0.1) is 11.3 Å². The number of hydrogen-bond acceptors (Lipinski definition) is 5. The van der Waals surface area contributed by atoms with Gasteiger partial charge >= 0.3 is 0 Å². The van der Waals surface area contributed by atoms with Crippen LogP contribution in [0.4, 0.5) is 11.6 Å². The van der Waals surface area contributed by atoms with Crippen LogP contribution in [0.25, 0.3) is 5.69 Å². The summed E-state index contributed by atoms with van der Waals surface area (Å²) in [6, 6.07) is 9.34. The van der Waals surface area contributed by atoms with Crippen molar-refractivity contribution in [2.45, 2.75) is 0 Å². The number of hydrogen-bond donors (Lipinski definition) is 1. The third kappa shape index (κ3) is 2.53. The number of halogens is 1. The first kappa shape index (κ1) is 13.7. The third-order valence-corrected chi connectivity index (χ3v) is 3.61. The molecule has 7 heteroatoms. The van der Waals surface area contributed by atoms with E-state index in [-0.39, 0.29) is 0 Å². The van der Waals surface area contributed by atoms with Gasteiger partial charge in [0.05, 0.1) is 18.9 Å². The highest BCUT2D eigenvalue weighted by atomic mass is 35.5. The fourth-order valence-corrected chi connectivity index (χ4v) is 2.51. The van der Waals surface area contributed by atoms with Crippen LogP contribution in [0.5, 0.6) is 0 Å². The largest absolute Gasteiger partial charge is 0.382 e. The molecule has 2 heterocycles. The average molecular weight is 304 g/mol. The van der Waals surface area contributed by atoms with E-state index in [0.29, 0.717) is 48.5 Å². The van der Waals surface area contributed by atoms with Crippen molar-refractivity contribution in [1.82, 2.24) is 9.78 Å². The lowest BCUT2D eigenvalue weighted by Gasteiger charge is -2.26. The molecule has 21 heavy (non-hydrogen) atoms. The summed E-state index contributed by atoms with van der Waals surface area (Å²) in [6.45, 7) is 2.63. The predicted octanol–water partition coefficient (Wildman–Crippen LogP) is 1.82. The van der Waals surface area contributed by atoms with Crippen LogP contribution in [0.15, 0.2) is 24.3 Å². The normalized spacial score (nSPS) is 15.0. The van der Waals surface area contributed by atoms with E-state index in [9.17, 15) is 5.26 Å². The van der Waals surface area contributed by atoms with Crippen LogP contribution in [-0.4, -0.2) is 36.1 Å². The molecule has 0 unspecified atom stereocenters. The Bertz CT molecular complexity index is 700. The first-order valence-electron chi connectivity index (χ1n) is 6.58. The average Bonchev–Trinajstić information content (AvgIpc) is 2.85. The Morgan fingerprint density at radius 2 is 2.10 bits per heavy atom. The minimum atomic E-state index is 0.321. The van der Waals surface area contributed by atoms with Crippen molar-refractivity contribution in [1.29, 1.82) is 5.26 Å². The molecule has 2 aromatic rings. The first-order valence-corrected chi connectivity index (χ1v) is 6.95. The molecule has 0 bridgehead atoms. The summed E-state index contributed by atoms with van der Waals surface area (Å²) in [4.78, 5) is 2.01. The first-order chi connectivity index (χ1) is 10.2. The van der Waals surface area contributed by atoms with Crippen LogP contribution in [-0.2, 0) is 4.74 Å². The fourth-order valence-electron chi connectivity index (χ4n) is 2.33. The molecule has 2 N–H and O–H groups in total. The highest BCUT2D eigenvalue weighted by Gasteiger charge is 2.23. The van der Waals surface area contributed by atoms with E-state index in [4.69, 9.17) is 22.1 Å². The van der Waals surface area contributed by atoms with Crippen LogP contribution in [0.1, 0.15) is 5.56 Å². The molecule has 0 amide bonds. The zero-order valence-corrected chi connectivity index (χ0v) is 12.0. The van der Waals surface area contributed by atoms with Crippen LogP contribution in [0.3, 0.4) is 0 Å². The number of nitrogens with two attached hydrogens (primary N) is 1. The van der Waals surface area contributed by atoms with Gasteiger partial charge in [0, 0.05) is 18.1 Å². The number of nitriles is 1. The minimum absolute atomic E-state index is 0.321. The van der Waals surface area contributed by atoms with Gasteiger partial charge in [-0.1, -0.05) is 17.7 Å². The Kier molecular flexibility index (Phi) is 3.69. The molecule has 1 aromatic carbocycles. The Balaban J connectivity index is 2.07. The van der Waals surface area contributed by atoms with E-state index in [1.54, 1.807) is 16.8 Å². The van der Waals surface area contributed by atoms with E-state index in [0.717, 1.165) is 5.69 Å². The number of benzene rings is 1. The molecule has 1 aliphatic heterocycles. The quantitative estimate of drug-likeness (QED) is 0.915. The Morgan fingerprint density at radius 3 is 2.76 bits per heavy atom. The summed E-state index contributed by atoms with van der Waals surface area (Å²) in [5.41, 5.74) is 7.20. The van der Waals surface area contributed by atoms with Gasteiger partial charge in [0.25, 0.3) is 0 Å². The summed E-state index contributed by atoms with van der Waals surface area (Å²) >= 11 is 6.00. The van der Waals surface area contributed by atoms with Gasteiger partial charge < -0.3 is 15.4 Å². The van der Waals surface area contributed by atoms with Crippen molar-refractivity contribution in [3.05, 3.63) is 34.9 Å². The summed E-state index contributed by atoms with van der Waals surface area (Å²) in [5, 5.41) is 14.5. The number of ether oxygens (including phenoxy) is 1. The van der Waals surface area contributed by atoms with Crippen molar-refractivity contribution in [2.75, 3.05) is 36.9 Å². The molecule has 1 aromatic heterocycles. The third-order valence-electron chi connectivity index (χ3n) is 3.38. The second-order valence-electron chi connectivity index (χ2n) is 4.69. The lowest BCUT2D eigenvalue weighted by atomic mass is 10.3. The van der Waals surface area contributed by atoms with Gasteiger partial charge in [-0.05, 0) is 18.2 Å². The zero-order chi connectivity index (χ0) is 14.8. The van der Waals surface area contributed by atoms with Gasteiger partial charge in [0.1, 0.15) is 17.5 Å². The van der Waals surface area contributed by atoms with Crippen LogP contribution >= 0.6 is 11.6 Å². The van der Waals surface area contributed by atoms with Crippen molar-refractivity contribution in [3.8, 4) is 11.8 Å². The van der Waals surface area contributed by atoms with Crippen molar-refractivity contribution >= 4 is 23.2 Å². The van der Waals surface area contributed by atoms with Gasteiger partial charge in [-0.25, -0.2) is 4.68 Å². The zero-order valence-electron chi connectivity index (χ0n) is 11.3. The second-order valence-corrected chi connectivity index (χ2v) is 5.12.